The van der Waals surface area contributed by atoms with Gasteiger partial charge >= 0.3 is 0 Å². The molecule has 84 valence electrons. The van der Waals surface area contributed by atoms with Crippen LogP contribution in [0.2, 0.25) is 0 Å². The molecule has 0 bridgehead atoms. The second-order valence-corrected chi connectivity index (χ2v) is 5.29. The van der Waals surface area contributed by atoms with Crippen molar-refractivity contribution in [3.8, 4) is 0 Å². The van der Waals surface area contributed by atoms with E-state index in [4.69, 9.17) is 0 Å². The maximum Gasteiger partial charge on any atom is 0.0337 e. The normalized spacial score (nSPS) is 13.9. The SMILES string of the molecule is C/C=C\C(C)(C)N(CC(C)C)C(C)C. The molecule has 1 heteroatoms. The minimum absolute atomic E-state index is 0.174. The number of nitrogens with zero attached hydrogens (tertiary/aromatic N) is 1. The maximum atomic E-state index is 2.55. The lowest BCUT2D eigenvalue weighted by molar-refractivity contribution is 0.105. The summed E-state index contributed by atoms with van der Waals surface area (Å²) in [5.41, 5.74) is 0.174. The first kappa shape index (κ1) is 13.7. The topological polar surface area (TPSA) is 3.24 Å². The molecule has 0 heterocycles. The Kier molecular flexibility index (Phi) is 5.43. The summed E-state index contributed by atoms with van der Waals surface area (Å²) >= 11 is 0. The van der Waals surface area contributed by atoms with E-state index in [1.54, 1.807) is 0 Å². The number of rotatable bonds is 5. The summed E-state index contributed by atoms with van der Waals surface area (Å²) in [6, 6.07) is 0.601. The van der Waals surface area contributed by atoms with Gasteiger partial charge in [0.1, 0.15) is 0 Å². The fraction of sp³-hybridized carbons (Fsp3) is 0.846. The summed E-state index contributed by atoms with van der Waals surface area (Å²) in [5.74, 6) is 0.724. The highest BCUT2D eigenvalue weighted by molar-refractivity contribution is 5.02. The van der Waals surface area contributed by atoms with Crippen LogP contribution in [-0.2, 0) is 0 Å². The Morgan fingerprint density at radius 1 is 1.14 bits per heavy atom. The molecular formula is C13H27N. The molecule has 1 nitrogen and oxygen atoms in total. The van der Waals surface area contributed by atoms with Crippen LogP contribution < -0.4 is 0 Å². The molecule has 0 unspecified atom stereocenters. The molecule has 0 aliphatic heterocycles. The van der Waals surface area contributed by atoms with E-state index in [1.807, 2.05) is 0 Å². The molecule has 0 atom stereocenters. The highest BCUT2D eigenvalue weighted by atomic mass is 15.2. The van der Waals surface area contributed by atoms with E-state index in [9.17, 15) is 0 Å². The number of hydrogen-bond acceptors (Lipinski definition) is 1. The van der Waals surface area contributed by atoms with Gasteiger partial charge < -0.3 is 0 Å². The third-order valence-corrected chi connectivity index (χ3v) is 2.50. The fourth-order valence-corrected chi connectivity index (χ4v) is 2.01. The van der Waals surface area contributed by atoms with Crippen molar-refractivity contribution >= 4 is 0 Å². The molecule has 0 saturated heterocycles. The van der Waals surface area contributed by atoms with Crippen molar-refractivity contribution in [2.75, 3.05) is 6.54 Å². The van der Waals surface area contributed by atoms with E-state index in [2.05, 4.69) is 65.5 Å². The molecule has 0 aliphatic rings. The van der Waals surface area contributed by atoms with Crippen LogP contribution in [0.25, 0.3) is 0 Å². The average Bonchev–Trinajstić information content (AvgIpc) is 1.99. The van der Waals surface area contributed by atoms with E-state index in [-0.39, 0.29) is 5.54 Å². The predicted octanol–water partition coefficient (Wildman–Crippen LogP) is 3.71. The van der Waals surface area contributed by atoms with Crippen molar-refractivity contribution in [2.24, 2.45) is 5.92 Å². The smallest absolute Gasteiger partial charge is 0.0337 e. The van der Waals surface area contributed by atoms with Crippen molar-refractivity contribution < 1.29 is 0 Å². The summed E-state index contributed by atoms with van der Waals surface area (Å²) in [6.07, 6.45) is 4.44. The van der Waals surface area contributed by atoms with Gasteiger partial charge in [-0.05, 0) is 40.5 Å². The second-order valence-electron chi connectivity index (χ2n) is 5.29. The molecule has 0 fully saturated rings. The third kappa shape index (κ3) is 4.28. The van der Waals surface area contributed by atoms with Crippen LogP contribution in [0.1, 0.15) is 48.5 Å². The molecular weight excluding hydrogens is 170 g/mol. The lowest BCUT2D eigenvalue weighted by Crippen LogP contribution is -2.48. The van der Waals surface area contributed by atoms with Crippen molar-refractivity contribution in [3.05, 3.63) is 12.2 Å². The molecule has 14 heavy (non-hydrogen) atoms. The first-order valence-corrected chi connectivity index (χ1v) is 5.72. The molecule has 0 aromatic heterocycles. The van der Waals surface area contributed by atoms with Gasteiger partial charge in [-0.3, -0.25) is 4.90 Å². The predicted molar refractivity (Wildman–Crippen MR) is 65.6 cm³/mol. The molecule has 0 radical (unpaired) electrons. The highest BCUT2D eigenvalue weighted by Crippen LogP contribution is 2.20. The van der Waals surface area contributed by atoms with Gasteiger partial charge in [0.2, 0.25) is 0 Å². The van der Waals surface area contributed by atoms with Crippen molar-refractivity contribution in [1.29, 1.82) is 0 Å². The van der Waals surface area contributed by atoms with Crippen LogP contribution in [0.5, 0.6) is 0 Å². The van der Waals surface area contributed by atoms with Crippen LogP contribution in [-0.4, -0.2) is 23.0 Å². The van der Waals surface area contributed by atoms with Gasteiger partial charge in [0.25, 0.3) is 0 Å². The molecule has 0 amide bonds. The molecule has 0 N–H and O–H groups in total. The van der Waals surface area contributed by atoms with E-state index in [1.165, 1.54) is 0 Å². The minimum atomic E-state index is 0.174. The van der Waals surface area contributed by atoms with Gasteiger partial charge in [0, 0.05) is 18.1 Å². The van der Waals surface area contributed by atoms with Crippen LogP contribution in [0, 0.1) is 5.92 Å². The highest BCUT2D eigenvalue weighted by Gasteiger charge is 2.26. The van der Waals surface area contributed by atoms with Crippen LogP contribution in [0.15, 0.2) is 12.2 Å². The Morgan fingerprint density at radius 3 is 1.93 bits per heavy atom. The molecule has 0 aromatic carbocycles. The van der Waals surface area contributed by atoms with E-state index >= 15 is 0 Å². The molecule has 0 saturated carbocycles. The zero-order valence-corrected chi connectivity index (χ0v) is 11.0. The van der Waals surface area contributed by atoms with Gasteiger partial charge in [-0.25, -0.2) is 0 Å². The summed E-state index contributed by atoms with van der Waals surface area (Å²) in [5, 5.41) is 0. The summed E-state index contributed by atoms with van der Waals surface area (Å²) in [7, 11) is 0. The van der Waals surface area contributed by atoms with Gasteiger partial charge in [0.15, 0.2) is 0 Å². The van der Waals surface area contributed by atoms with Gasteiger partial charge in [-0.1, -0.05) is 26.0 Å². The second kappa shape index (κ2) is 5.55. The van der Waals surface area contributed by atoms with Crippen LogP contribution >= 0.6 is 0 Å². The standard InChI is InChI=1S/C13H27N/c1-8-9-13(6,7)14(12(4)5)10-11(2)3/h8-9,11-12H,10H2,1-7H3/b9-8-. The van der Waals surface area contributed by atoms with E-state index in [0.29, 0.717) is 6.04 Å². The van der Waals surface area contributed by atoms with Crippen molar-refractivity contribution in [3.63, 3.8) is 0 Å². The Hall–Kier alpha value is -0.300. The molecule has 0 spiro atoms. The fourth-order valence-electron chi connectivity index (χ4n) is 2.01. The number of hydrogen-bond donors (Lipinski definition) is 0. The maximum absolute atomic E-state index is 2.55. The lowest BCUT2D eigenvalue weighted by atomic mass is 9.98. The molecule has 0 aliphatic carbocycles. The Labute approximate surface area is 90.2 Å². The largest absolute Gasteiger partial charge is 0.292 e. The van der Waals surface area contributed by atoms with E-state index < -0.39 is 0 Å². The Morgan fingerprint density at radius 2 is 1.64 bits per heavy atom. The lowest BCUT2D eigenvalue weighted by Gasteiger charge is -2.40. The van der Waals surface area contributed by atoms with Gasteiger partial charge in [-0.2, -0.15) is 0 Å². The monoisotopic (exact) mass is 197 g/mol. The van der Waals surface area contributed by atoms with E-state index in [0.717, 1.165) is 12.5 Å². The minimum Gasteiger partial charge on any atom is -0.292 e. The first-order valence-electron chi connectivity index (χ1n) is 5.72. The zero-order chi connectivity index (χ0) is 11.4. The first-order chi connectivity index (χ1) is 6.31. The number of allylic oxidation sites excluding steroid dienone is 1. The average molecular weight is 197 g/mol. The summed E-state index contributed by atoms with van der Waals surface area (Å²) < 4.78 is 0. The Balaban J connectivity index is 4.63. The van der Waals surface area contributed by atoms with Gasteiger partial charge in [0.05, 0.1) is 0 Å². The van der Waals surface area contributed by atoms with Crippen molar-refractivity contribution in [2.45, 2.75) is 60.0 Å². The van der Waals surface area contributed by atoms with Gasteiger partial charge in [-0.15, -0.1) is 0 Å². The molecule has 0 rings (SSSR count). The quantitative estimate of drug-likeness (QED) is 0.607. The van der Waals surface area contributed by atoms with Crippen molar-refractivity contribution in [1.82, 2.24) is 4.90 Å². The van der Waals surface area contributed by atoms with Crippen LogP contribution in [0.3, 0.4) is 0 Å². The zero-order valence-electron chi connectivity index (χ0n) is 11.0. The van der Waals surface area contributed by atoms with Crippen LogP contribution in [0.4, 0.5) is 0 Å². The molecule has 0 aromatic rings. The summed E-state index contributed by atoms with van der Waals surface area (Å²) in [6.45, 7) is 16.9. The summed E-state index contributed by atoms with van der Waals surface area (Å²) in [4.78, 5) is 2.55. The third-order valence-electron chi connectivity index (χ3n) is 2.50. The Bertz CT molecular complexity index is 178.